The van der Waals surface area contributed by atoms with Gasteiger partial charge in [-0.25, -0.2) is 4.98 Å². The van der Waals surface area contributed by atoms with Crippen molar-refractivity contribution in [3.63, 3.8) is 0 Å². The molecule has 0 spiro atoms. The van der Waals surface area contributed by atoms with Gasteiger partial charge in [-0.2, -0.15) is 0 Å². The van der Waals surface area contributed by atoms with E-state index in [9.17, 15) is 0 Å². The van der Waals surface area contributed by atoms with Gasteiger partial charge in [-0.1, -0.05) is 61.0 Å². The van der Waals surface area contributed by atoms with E-state index in [1.54, 1.807) is 0 Å². The summed E-state index contributed by atoms with van der Waals surface area (Å²) < 4.78 is 8.25. The van der Waals surface area contributed by atoms with Gasteiger partial charge in [-0.15, -0.1) is 0 Å². The first kappa shape index (κ1) is 21.5. The molecule has 0 unspecified atom stereocenters. The second-order valence-electron chi connectivity index (χ2n) is 8.75. The first-order valence-electron chi connectivity index (χ1n) is 12.0. The van der Waals surface area contributed by atoms with Crippen LogP contribution in [-0.2, 0) is 19.7 Å². The zero-order chi connectivity index (χ0) is 22.3. The second-order valence-corrected chi connectivity index (χ2v) is 8.75. The number of rotatable bonds is 9. The third-order valence-corrected chi connectivity index (χ3v) is 6.37. The molecule has 33 heavy (non-hydrogen) atoms. The number of likely N-dealkylation sites (tertiary alicyclic amines) is 1. The van der Waals surface area contributed by atoms with Crippen molar-refractivity contribution in [3.8, 4) is 5.75 Å². The number of para-hydroxylation sites is 2. The maximum atomic E-state index is 5.92. The average Bonchev–Trinajstić information content (AvgIpc) is 3.24. The normalized spacial score (nSPS) is 14.4. The molecule has 0 amide bonds. The predicted octanol–water partition coefficient (Wildman–Crippen LogP) is 5.71. The second kappa shape index (κ2) is 10.5. The number of hydrogen-bond acceptors (Lipinski definition) is 4. The van der Waals surface area contributed by atoms with E-state index in [4.69, 9.17) is 9.72 Å². The average molecular weight is 441 g/mol. The third-order valence-electron chi connectivity index (χ3n) is 6.37. The molecule has 5 nitrogen and oxygen atoms in total. The lowest BCUT2D eigenvalue weighted by atomic mass is 10.1. The molecular formula is C28H32N4O. The number of anilines is 1. The SMILES string of the molecule is c1ccc(COc2ccc(CNc3nc4ccccc4n3CCN3CCCCC3)cc2)cc1. The van der Waals surface area contributed by atoms with Gasteiger partial charge in [0.05, 0.1) is 11.0 Å². The zero-order valence-electron chi connectivity index (χ0n) is 19.1. The molecule has 1 saturated heterocycles. The molecule has 0 atom stereocenters. The Hall–Kier alpha value is -3.31. The van der Waals surface area contributed by atoms with Crippen molar-refractivity contribution in [2.24, 2.45) is 0 Å². The highest BCUT2D eigenvalue weighted by Crippen LogP contribution is 2.21. The lowest BCUT2D eigenvalue weighted by molar-refractivity contribution is 0.222. The van der Waals surface area contributed by atoms with Crippen LogP contribution in [0.1, 0.15) is 30.4 Å². The van der Waals surface area contributed by atoms with Gasteiger partial charge in [0.1, 0.15) is 12.4 Å². The summed E-state index contributed by atoms with van der Waals surface area (Å²) in [5.41, 5.74) is 4.62. The van der Waals surface area contributed by atoms with Crippen molar-refractivity contribution < 1.29 is 4.74 Å². The molecular weight excluding hydrogens is 408 g/mol. The van der Waals surface area contributed by atoms with Crippen LogP contribution in [0.3, 0.4) is 0 Å². The van der Waals surface area contributed by atoms with Crippen LogP contribution in [0.4, 0.5) is 5.95 Å². The van der Waals surface area contributed by atoms with E-state index in [0.29, 0.717) is 6.61 Å². The molecule has 3 aromatic carbocycles. The number of benzene rings is 3. The minimum absolute atomic E-state index is 0.583. The van der Waals surface area contributed by atoms with Gasteiger partial charge in [-0.3, -0.25) is 0 Å². The van der Waals surface area contributed by atoms with Gasteiger partial charge >= 0.3 is 0 Å². The fourth-order valence-electron chi connectivity index (χ4n) is 4.49. The monoisotopic (exact) mass is 440 g/mol. The first-order chi connectivity index (χ1) is 16.3. The summed E-state index contributed by atoms with van der Waals surface area (Å²) in [6.45, 7) is 5.77. The van der Waals surface area contributed by atoms with Gasteiger partial charge in [0.15, 0.2) is 0 Å². The summed E-state index contributed by atoms with van der Waals surface area (Å²) in [7, 11) is 0. The highest BCUT2D eigenvalue weighted by molar-refractivity contribution is 5.78. The minimum Gasteiger partial charge on any atom is -0.489 e. The minimum atomic E-state index is 0.583. The van der Waals surface area contributed by atoms with E-state index in [1.165, 1.54) is 49.0 Å². The van der Waals surface area contributed by atoms with E-state index in [0.717, 1.165) is 36.8 Å². The number of nitrogens with one attached hydrogen (secondary N) is 1. The number of ether oxygens (including phenoxy) is 1. The number of aromatic nitrogens is 2. The maximum Gasteiger partial charge on any atom is 0.204 e. The molecule has 1 N–H and O–H groups in total. The van der Waals surface area contributed by atoms with Crippen molar-refractivity contribution in [2.75, 3.05) is 25.0 Å². The van der Waals surface area contributed by atoms with E-state index in [1.807, 2.05) is 30.3 Å². The topological polar surface area (TPSA) is 42.3 Å². The number of hydrogen-bond donors (Lipinski definition) is 1. The highest BCUT2D eigenvalue weighted by Gasteiger charge is 2.14. The number of imidazole rings is 1. The summed E-state index contributed by atoms with van der Waals surface area (Å²) in [6, 6.07) is 27.0. The molecule has 1 aromatic heterocycles. The lowest BCUT2D eigenvalue weighted by Gasteiger charge is -2.26. The van der Waals surface area contributed by atoms with Crippen LogP contribution in [-0.4, -0.2) is 34.1 Å². The van der Waals surface area contributed by atoms with Gasteiger partial charge in [0, 0.05) is 19.6 Å². The van der Waals surface area contributed by atoms with Crippen LogP contribution in [0.25, 0.3) is 11.0 Å². The Bertz CT molecular complexity index is 1150. The molecule has 1 fully saturated rings. The van der Waals surface area contributed by atoms with Crippen LogP contribution in [0, 0.1) is 0 Å². The van der Waals surface area contributed by atoms with Crippen molar-refractivity contribution >= 4 is 17.0 Å². The number of piperidine rings is 1. The molecule has 2 heterocycles. The lowest BCUT2D eigenvalue weighted by Crippen LogP contribution is -2.32. The van der Waals surface area contributed by atoms with Crippen LogP contribution in [0.5, 0.6) is 5.75 Å². The molecule has 5 rings (SSSR count). The standard InChI is InChI=1S/C28H32N4O/c1-3-9-24(10-4-1)22-33-25-15-13-23(14-16-25)21-29-28-30-26-11-5-6-12-27(26)32(28)20-19-31-17-7-2-8-18-31/h1,3-6,9-16H,2,7-8,17-22H2,(H,29,30). The predicted molar refractivity (Wildman–Crippen MR) is 135 cm³/mol. The van der Waals surface area contributed by atoms with Crippen LogP contribution in [0.15, 0.2) is 78.9 Å². The van der Waals surface area contributed by atoms with Crippen molar-refractivity contribution in [1.82, 2.24) is 14.5 Å². The Labute approximate surface area is 196 Å². The van der Waals surface area contributed by atoms with E-state index in [2.05, 4.69) is 63.3 Å². The third kappa shape index (κ3) is 5.55. The number of fused-ring (bicyclic) bond motifs is 1. The van der Waals surface area contributed by atoms with Crippen molar-refractivity contribution in [3.05, 3.63) is 90.0 Å². The van der Waals surface area contributed by atoms with E-state index in [-0.39, 0.29) is 0 Å². The van der Waals surface area contributed by atoms with Crippen molar-refractivity contribution in [2.45, 2.75) is 39.0 Å². The van der Waals surface area contributed by atoms with E-state index < -0.39 is 0 Å². The number of nitrogens with zero attached hydrogens (tertiary/aromatic N) is 3. The van der Waals surface area contributed by atoms with Crippen LogP contribution < -0.4 is 10.1 Å². The quantitative estimate of drug-likeness (QED) is 0.362. The van der Waals surface area contributed by atoms with Crippen LogP contribution >= 0.6 is 0 Å². The van der Waals surface area contributed by atoms with Gasteiger partial charge in [0.2, 0.25) is 5.95 Å². The van der Waals surface area contributed by atoms with Gasteiger partial charge in [-0.05, 0) is 61.3 Å². The molecule has 0 radical (unpaired) electrons. The Balaban J connectivity index is 1.22. The molecule has 1 aliphatic heterocycles. The molecule has 0 aliphatic carbocycles. The fourth-order valence-corrected chi connectivity index (χ4v) is 4.49. The molecule has 0 bridgehead atoms. The van der Waals surface area contributed by atoms with Crippen molar-refractivity contribution in [1.29, 1.82) is 0 Å². The summed E-state index contributed by atoms with van der Waals surface area (Å²) in [4.78, 5) is 7.46. The highest BCUT2D eigenvalue weighted by atomic mass is 16.5. The smallest absolute Gasteiger partial charge is 0.204 e. The van der Waals surface area contributed by atoms with Crippen LogP contribution in [0.2, 0.25) is 0 Å². The first-order valence-corrected chi connectivity index (χ1v) is 12.0. The molecule has 170 valence electrons. The summed E-state index contributed by atoms with van der Waals surface area (Å²) >= 11 is 0. The summed E-state index contributed by atoms with van der Waals surface area (Å²) in [6.07, 6.45) is 4.01. The fraction of sp³-hybridized carbons (Fsp3) is 0.321. The van der Waals surface area contributed by atoms with Gasteiger partial charge in [0.25, 0.3) is 0 Å². The zero-order valence-corrected chi connectivity index (χ0v) is 19.1. The Morgan fingerprint density at radius 1 is 0.758 bits per heavy atom. The Morgan fingerprint density at radius 2 is 1.52 bits per heavy atom. The van der Waals surface area contributed by atoms with Gasteiger partial charge < -0.3 is 19.5 Å². The molecule has 4 aromatic rings. The summed E-state index contributed by atoms with van der Waals surface area (Å²) in [5.74, 6) is 1.83. The van der Waals surface area contributed by atoms with E-state index >= 15 is 0 Å². The molecule has 0 saturated carbocycles. The molecule has 5 heteroatoms. The maximum absolute atomic E-state index is 5.92. The summed E-state index contributed by atoms with van der Waals surface area (Å²) in [5, 5.41) is 3.58. The molecule has 1 aliphatic rings. The Morgan fingerprint density at radius 3 is 2.33 bits per heavy atom. The largest absolute Gasteiger partial charge is 0.489 e. The Kier molecular flexibility index (Phi) is 6.88.